The van der Waals surface area contributed by atoms with E-state index in [1.54, 1.807) is 0 Å². The van der Waals surface area contributed by atoms with Crippen molar-refractivity contribution in [3.63, 3.8) is 0 Å². The summed E-state index contributed by atoms with van der Waals surface area (Å²) in [5.41, 5.74) is 1.62. The lowest BCUT2D eigenvalue weighted by Crippen LogP contribution is -2.55. The van der Waals surface area contributed by atoms with Gasteiger partial charge in [-0.15, -0.1) is 4.37 Å². The molecule has 2 unspecified atom stereocenters. The van der Waals surface area contributed by atoms with Crippen molar-refractivity contribution in [1.82, 2.24) is 8.75 Å². The molecule has 0 N–H and O–H groups in total. The van der Waals surface area contributed by atoms with Gasteiger partial charge in [0.25, 0.3) is 5.88 Å². The summed E-state index contributed by atoms with van der Waals surface area (Å²) in [7, 11) is 2.17. The van der Waals surface area contributed by atoms with E-state index in [0.717, 1.165) is 62.9 Å². The third-order valence-corrected chi connectivity index (χ3v) is 9.68. The first-order chi connectivity index (χ1) is 22.5. The summed E-state index contributed by atoms with van der Waals surface area (Å²) >= 11 is 1.20. The molecule has 47 heavy (non-hydrogen) atoms. The summed E-state index contributed by atoms with van der Waals surface area (Å²) in [6.07, 6.45) is 25.5. The molecule has 1 aliphatic rings. The standard InChI is InChI=1S/C38H68N3O5S/c1-7-8-9-24-30-44-37-36(39-47-40-37)33-26-25-29-41(6,31-33)32(2)45-34(42)27-22-20-18-16-14-12-10-11-13-15-17-19-21-23-28-35(43)46-38(3,4)5/h26,32H,7-25,27-31H2,1-6H3/q+1. The number of likely N-dealkylation sites (N-methyl/N-ethyl adjacent to an activating group) is 1. The average molecular weight is 679 g/mol. The van der Waals surface area contributed by atoms with Gasteiger partial charge in [0.05, 0.1) is 31.9 Å². The molecule has 0 fully saturated rings. The van der Waals surface area contributed by atoms with Gasteiger partial charge in [-0.25, -0.2) is 0 Å². The van der Waals surface area contributed by atoms with Crippen LogP contribution >= 0.6 is 11.7 Å². The second kappa shape index (κ2) is 23.4. The van der Waals surface area contributed by atoms with E-state index in [4.69, 9.17) is 14.2 Å². The molecule has 8 nitrogen and oxygen atoms in total. The minimum absolute atomic E-state index is 0.0693. The monoisotopic (exact) mass is 678 g/mol. The third-order valence-electron chi connectivity index (χ3n) is 9.17. The summed E-state index contributed by atoms with van der Waals surface area (Å²) in [5, 5.41) is 0. The molecule has 2 rings (SSSR count). The molecule has 1 aromatic heterocycles. The Morgan fingerprint density at radius 3 is 1.89 bits per heavy atom. The van der Waals surface area contributed by atoms with Crippen LogP contribution in [-0.4, -0.2) is 63.7 Å². The summed E-state index contributed by atoms with van der Waals surface area (Å²) in [5.74, 6) is 0.495. The number of unbranched alkanes of at least 4 members (excludes halogenated alkanes) is 16. The minimum Gasteiger partial charge on any atom is -0.475 e. The molecule has 0 spiro atoms. The summed E-state index contributed by atoms with van der Waals surface area (Å²) in [6.45, 7) is 12.4. The van der Waals surface area contributed by atoms with Crippen molar-refractivity contribution in [1.29, 1.82) is 0 Å². The molecule has 0 bridgehead atoms. The van der Waals surface area contributed by atoms with Gasteiger partial charge in [0.1, 0.15) is 17.8 Å². The van der Waals surface area contributed by atoms with Crippen LogP contribution in [0.25, 0.3) is 5.57 Å². The molecule has 2 atom stereocenters. The Hall–Kier alpha value is -2.00. The zero-order chi connectivity index (χ0) is 34.4. The van der Waals surface area contributed by atoms with E-state index in [1.165, 1.54) is 95.2 Å². The fourth-order valence-electron chi connectivity index (χ4n) is 6.15. The summed E-state index contributed by atoms with van der Waals surface area (Å²) in [4.78, 5) is 24.4. The second-order valence-electron chi connectivity index (χ2n) is 14.8. The van der Waals surface area contributed by atoms with Gasteiger partial charge in [-0.3, -0.25) is 14.1 Å². The molecule has 1 aliphatic heterocycles. The molecule has 0 saturated carbocycles. The zero-order valence-electron chi connectivity index (χ0n) is 30.9. The Kier molecular flexibility index (Phi) is 20.5. The van der Waals surface area contributed by atoms with Crippen LogP contribution in [0.15, 0.2) is 6.08 Å². The highest BCUT2D eigenvalue weighted by Gasteiger charge is 2.36. The zero-order valence-corrected chi connectivity index (χ0v) is 31.7. The fourth-order valence-corrected chi connectivity index (χ4v) is 6.68. The van der Waals surface area contributed by atoms with Gasteiger partial charge in [-0.1, -0.05) is 109 Å². The van der Waals surface area contributed by atoms with Crippen molar-refractivity contribution in [2.24, 2.45) is 0 Å². The predicted molar refractivity (Wildman–Crippen MR) is 193 cm³/mol. The summed E-state index contributed by atoms with van der Waals surface area (Å²) < 4.78 is 27.0. The van der Waals surface area contributed by atoms with E-state index < -0.39 is 0 Å². The number of quaternary nitrogens is 1. The Morgan fingerprint density at radius 1 is 0.809 bits per heavy atom. The van der Waals surface area contributed by atoms with E-state index in [1.807, 2.05) is 27.7 Å². The number of carbonyl (C=O) groups is 2. The van der Waals surface area contributed by atoms with E-state index in [9.17, 15) is 9.59 Å². The summed E-state index contributed by atoms with van der Waals surface area (Å²) in [6, 6.07) is 0. The molecule has 270 valence electrons. The first kappa shape index (κ1) is 41.2. The van der Waals surface area contributed by atoms with E-state index in [2.05, 4.69) is 28.8 Å². The lowest BCUT2D eigenvalue weighted by atomic mass is 10.0. The quantitative estimate of drug-likeness (QED) is 0.0547. The molecular weight excluding hydrogens is 611 g/mol. The van der Waals surface area contributed by atoms with Gasteiger partial charge in [-0.05, 0) is 40.0 Å². The number of aromatic nitrogens is 2. The number of esters is 2. The van der Waals surface area contributed by atoms with Crippen LogP contribution in [0.5, 0.6) is 5.88 Å². The van der Waals surface area contributed by atoms with Gasteiger partial charge in [0.15, 0.2) is 0 Å². The van der Waals surface area contributed by atoms with Gasteiger partial charge in [-0.2, -0.15) is 4.37 Å². The molecule has 1 aromatic rings. The molecule has 9 heteroatoms. The third kappa shape index (κ3) is 18.4. The van der Waals surface area contributed by atoms with Crippen LogP contribution in [0, 0.1) is 0 Å². The van der Waals surface area contributed by atoms with Crippen LogP contribution in [-0.2, 0) is 19.1 Å². The number of nitrogens with zero attached hydrogens (tertiary/aromatic N) is 3. The molecule has 0 aliphatic carbocycles. The van der Waals surface area contributed by atoms with Crippen LogP contribution in [0.2, 0.25) is 0 Å². The second-order valence-corrected chi connectivity index (χ2v) is 15.4. The van der Waals surface area contributed by atoms with Gasteiger partial charge < -0.3 is 14.2 Å². The van der Waals surface area contributed by atoms with E-state index in [-0.39, 0.29) is 23.8 Å². The van der Waals surface area contributed by atoms with Gasteiger partial charge in [0, 0.05) is 31.8 Å². The Balaban J connectivity index is 1.47. The largest absolute Gasteiger partial charge is 0.475 e. The maximum Gasteiger partial charge on any atom is 0.310 e. The van der Waals surface area contributed by atoms with E-state index >= 15 is 0 Å². The van der Waals surface area contributed by atoms with Crippen molar-refractivity contribution in [3.8, 4) is 5.88 Å². The number of hydrogen-bond donors (Lipinski definition) is 0. The van der Waals surface area contributed by atoms with Crippen molar-refractivity contribution >= 4 is 29.2 Å². The van der Waals surface area contributed by atoms with Crippen LogP contribution in [0.3, 0.4) is 0 Å². The highest BCUT2D eigenvalue weighted by molar-refractivity contribution is 6.99. The molecule has 0 saturated heterocycles. The van der Waals surface area contributed by atoms with Crippen molar-refractivity contribution in [3.05, 3.63) is 11.8 Å². The molecule has 0 amide bonds. The maximum atomic E-state index is 12.7. The smallest absolute Gasteiger partial charge is 0.310 e. The lowest BCUT2D eigenvalue weighted by molar-refractivity contribution is -0.944. The van der Waals surface area contributed by atoms with Crippen molar-refractivity contribution in [2.45, 2.75) is 181 Å². The highest BCUT2D eigenvalue weighted by atomic mass is 32.1. The maximum absolute atomic E-state index is 12.7. The van der Waals surface area contributed by atoms with Crippen LogP contribution < -0.4 is 4.74 Å². The fraction of sp³-hybridized carbons (Fsp3) is 0.842. The Bertz CT molecular complexity index is 1040. The molecular formula is C38H68N3O5S+. The number of carbonyl (C=O) groups excluding carboxylic acids is 2. The van der Waals surface area contributed by atoms with Gasteiger partial charge in [0.2, 0.25) is 6.23 Å². The van der Waals surface area contributed by atoms with Gasteiger partial charge >= 0.3 is 11.9 Å². The minimum atomic E-state index is -0.376. The lowest BCUT2D eigenvalue weighted by Gasteiger charge is -2.41. The average Bonchev–Trinajstić information content (AvgIpc) is 3.48. The van der Waals surface area contributed by atoms with Crippen molar-refractivity contribution < 1.29 is 28.3 Å². The Labute approximate surface area is 291 Å². The normalized spacial score (nSPS) is 17.3. The number of ether oxygens (including phenoxy) is 3. The highest BCUT2D eigenvalue weighted by Crippen LogP contribution is 2.32. The first-order valence-electron chi connectivity index (χ1n) is 18.9. The van der Waals surface area contributed by atoms with E-state index in [0.29, 0.717) is 29.8 Å². The first-order valence-corrected chi connectivity index (χ1v) is 19.7. The molecule has 0 radical (unpaired) electrons. The molecule has 2 heterocycles. The number of rotatable bonds is 26. The van der Waals surface area contributed by atoms with Crippen molar-refractivity contribution in [2.75, 3.05) is 26.7 Å². The van der Waals surface area contributed by atoms with Crippen LogP contribution in [0.1, 0.15) is 175 Å². The topological polar surface area (TPSA) is 87.6 Å². The van der Waals surface area contributed by atoms with Crippen LogP contribution in [0.4, 0.5) is 0 Å². The number of hydrogen-bond acceptors (Lipinski definition) is 8. The SMILES string of the molecule is CCCCCCOc1nsnc1C1=CCC[N+](C)(C(C)OC(=O)CCCCCCCCCCCCCCCCC(=O)OC(C)(C)C)C1. The Morgan fingerprint density at radius 2 is 1.34 bits per heavy atom. The predicted octanol–water partition coefficient (Wildman–Crippen LogP) is 10.2. The molecule has 0 aromatic carbocycles.